The highest BCUT2D eigenvalue weighted by Gasteiger charge is 2.34. The van der Waals surface area contributed by atoms with E-state index in [0.717, 1.165) is 13.1 Å². The molecule has 3 rings (SSSR count). The summed E-state index contributed by atoms with van der Waals surface area (Å²) >= 11 is 0. The number of nitrogens with zero attached hydrogens (tertiary/aromatic N) is 2. The molecule has 1 heterocycles. The van der Waals surface area contributed by atoms with E-state index < -0.39 is 0 Å². The highest BCUT2D eigenvalue weighted by atomic mass is 15.7. The predicted molar refractivity (Wildman–Crippen MR) is 124 cm³/mol. The molecule has 0 spiro atoms. The summed E-state index contributed by atoms with van der Waals surface area (Å²) in [4.78, 5) is 0. The molecule has 152 valence electrons. The molecule has 2 aromatic rings. The smallest absolute Gasteiger partial charge is 0.0644 e. The maximum Gasteiger partial charge on any atom is 0.0644 e. The van der Waals surface area contributed by atoms with E-state index in [2.05, 4.69) is 102 Å². The number of rotatable bonds is 6. The Balaban J connectivity index is 2.16. The van der Waals surface area contributed by atoms with Crippen molar-refractivity contribution in [3.05, 3.63) is 58.7 Å². The molecule has 2 heteroatoms. The molecule has 0 aliphatic carbocycles. The van der Waals surface area contributed by atoms with Crippen LogP contribution >= 0.6 is 0 Å². The Morgan fingerprint density at radius 3 is 0.929 bits per heavy atom. The van der Waals surface area contributed by atoms with Gasteiger partial charge in [-0.2, -0.15) is 0 Å². The lowest BCUT2D eigenvalue weighted by Gasteiger charge is -2.51. The maximum atomic E-state index is 2.55. The van der Waals surface area contributed by atoms with Crippen LogP contribution in [0.2, 0.25) is 0 Å². The van der Waals surface area contributed by atoms with Crippen molar-refractivity contribution < 1.29 is 0 Å². The molecule has 0 saturated carbocycles. The second-order valence-electron chi connectivity index (χ2n) is 9.44. The van der Waals surface area contributed by atoms with Gasteiger partial charge in [0.1, 0.15) is 0 Å². The van der Waals surface area contributed by atoms with E-state index in [1.54, 1.807) is 0 Å². The normalized spacial score (nSPS) is 14.6. The molecule has 1 fully saturated rings. The van der Waals surface area contributed by atoms with E-state index in [0.29, 0.717) is 23.7 Å². The Bertz CT molecular complexity index is 695. The van der Waals surface area contributed by atoms with E-state index in [-0.39, 0.29) is 0 Å². The van der Waals surface area contributed by atoms with E-state index in [1.807, 2.05) is 0 Å². The van der Waals surface area contributed by atoms with Gasteiger partial charge in [0.2, 0.25) is 0 Å². The van der Waals surface area contributed by atoms with Gasteiger partial charge < -0.3 is 0 Å². The fourth-order valence-electron chi connectivity index (χ4n) is 4.38. The quantitative estimate of drug-likeness (QED) is 0.516. The molecule has 0 bridgehead atoms. The topological polar surface area (TPSA) is 6.48 Å². The van der Waals surface area contributed by atoms with Gasteiger partial charge in [0.25, 0.3) is 0 Å². The second kappa shape index (κ2) is 8.19. The summed E-state index contributed by atoms with van der Waals surface area (Å²) in [7, 11) is 0. The first kappa shape index (κ1) is 20.8. The van der Waals surface area contributed by atoms with Crippen molar-refractivity contribution in [1.29, 1.82) is 0 Å². The molecule has 2 nitrogen and oxygen atoms in total. The number of hydrogen-bond donors (Lipinski definition) is 0. The number of para-hydroxylation sites is 2. The summed E-state index contributed by atoms with van der Waals surface area (Å²) in [5, 5.41) is 5.11. The number of anilines is 2. The maximum absolute atomic E-state index is 2.55. The van der Waals surface area contributed by atoms with Crippen LogP contribution in [0.3, 0.4) is 0 Å². The summed E-state index contributed by atoms with van der Waals surface area (Å²) in [6.07, 6.45) is 0. The molecule has 2 aromatic carbocycles. The first-order chi connectivity index (χ1) is 13.2. The van der Waals surface area contributed by atoms with Gasteiger partial charge in [-0.3, -0.25) is 10.0 Å². The van der Waals surface area contributed by atoms with Crippen LogP contribution in [0.5, 0.6) is 0 Å². The first-order valence-electron chi connectivity index (χ1n) is 11.0. The van der Waals surface area contributed by atoms with Gasteiger partial charge in [0.05, 0.1) is 24.5 Å². The van der Waals surface area contributed by atoms with Gasteiger partial charge in [-0.25, -0.2) is 0 Å². The van der Waals surface area contributed by atoms with Crippen LogP contribution < -0.4 is 10.0 Å². The van der Waals surface area contributed by atoms with Gasteiger partial charge in [-0.15, -0.1) is 0 Å². The molecule has 0 aromatic heterocycles. The Kier molecular flexibility index (Phi) is 6.07. The number of hydrogen-bond acceptors (Lipinski definition) is 2. The zero-order valence-corrected chi connectivity index (χ0v) is 19.1. The zero-order chi connectivity index (χ0) is 20.6. The molecule has 0 atom stereocenters. The van der Waals surface area contributed by atoms with Gasteiger partial charge in [-0.05, 0) is 45.9 Å². The standard InChI is InChI=1S/C26H38N2/c1-17(2)21-11-9-12-22(18(3)4)25(21)27-15-16-28(27)26-23(19(5)6)13-10-14-24(26)20(7)8/h9-14,17-20H,15-16H2,1-8H3. The van der Waals surface area contributed by atoms with Crippen LogP contribution in [0.25, 0.3) is 0 Å². The van der Waals surface area contributed by atoms with Gasteiger partial charge in [0, 0.05) is 0 Å². The SMILES string of the molecule is CC(C)c1cccc(C(C)C)c1N1CCN1c1c(C(C)C)cccc1C(C)C. The van der Waals surface area contributed by atoms with Crippen LogP contribution in [-0.2, 0) is 0 Å². The number of hydrazine groups is 1. The van der Waals surface area contributed by atoms with Crippen molar-refractivity contribution >= 4 is 11.4 Å². The summed E-state index contributed by atoms with van der Waals surface area (Å²) in [6.45, 7) is 20.7. The van der Waals surface area contributed by atoms with Crippen molar-refractivity contribution in [3.8, 4) is 0 Å². The van der Waals surface area contributed by atoms with Crippen molar-refractivity contribution in [2.24, 2.45) is 0 Å². The molecular formula is C26H38N2. The van der Waals surface area contributed by atoms with Crippen LogP contribution in [0, 0.1) is 0 Å². The fourth-order valence-corrected chi connectivity index (χ4v) is 4.38. The third-order valence-electron chi connectivity index (χ3n) is 6.02. The number of benzene rings is 2. The lowest BCUT2D eigenvalue weighted by Crippen LogP contribution is -2.59. The molecule has 0 radical (unpaired) electrons. The molecule has 1 aliphatic heterocycles. The average molecular weight is 379 g/mol. The minimum atomic E-state index is 0.515. The van der Waals surface area contributed by atoms with Crippen LogP contribution in [0.15, 0.2) is 36.4 Å². The molecule has 1 aliphatic rings. The Morgan fingerprint density at radius 1 is 0.500 bits per heavy atom. The van der Waals surface area contributed by atoms with Gasteiger partial charge in [-0.1, -0.05) is 91.8 Å². The van der Waals surface area contributed by atoms with Crippen molar-refractivity contribution in [2.75, 3.05) is 23.1 Å². The predicted octanol–water partition coefficient (Wildman–Crippen LogP) is 7.42. The molecular weight excluding hydrogens is 340 g/mol. The zero-order valence-electron chi connectivity index (χ0n) is 19.1. The highest BCUT2D eigenvalue weighted by molar-refractivity contribution is 5.73. The average Bonchev–Trinajstić information content (AvgIpc) is 2.60. The Labute approximate surface area is 172 Å². The van der Waals surface area contributed by atoms with Crippen LogP contribution in [-0.4, -0.2) is 13.1 Å². The summed E-state index contributed by atoms with van der Waals surface area (Å²) in [6, 6.07) is 13.8. The van der Waals surface area contributed by atoms with Gasteiger partial charge in [0.15, 0.2) is 0 Å². The minimum Gasteiger partial charge on any atom is -0.283 e. The van der Waals surface area contributed by atoms with Gasteiger partial charge >= 0.3 is 0 Å². The van der Waals surface area contributed by atoms with Crippen molar-refractivity contribution in [1.82, 2.24) is 0 Å². The molecule has 0 unspecified atom stereocenters. The molecule has 0 amide bonds. The summed E-state index contributed by atoms with van der Waals surface area (Å²) in [5.74, 6) is 2.06. The van der Waals surface area contributed by atoms with E-state index in [4.69, 9.17) is 0 Å². The second-order valence-corrected chi connectivity index (χ2v) is 9.44. The lowest BCUT2D eigenvalue weighted by molar-refractivity contribution is 0.586. The fraction of sp³-hybridized carbons (Fsp3) is 0.538. The Morgan fingerprint density at radius 2 is 0.750 bits per heavy atom. The third kappa shape index (κ3) is 3.66. The van der Waals surface area contributed by atoms with E-state index in [9.17, 15) is 0 Å². The van der Waals surface area contributed by atoms with Crippen molar-refractivity contribution in [2.45, 2.75) is 79.1 Å². The lowest BCUT2D eigenvalue weighted by atomic mass is 9.90. The van der Waals surface area contributed by atoms with E-state index >= 15 is 0 Å². The largest absolute Gasteiger partial charge is 0.283 e. The Hall–Kier alpha value is -1.96. The molecule has 0 N–H and O–H groups in total. The monoisotopic (exact) mass is 378 g/mol. The molecule has 28 heavy (non-hydrogen) atoms. The van der Waals surface area contributed by atoms with Crippen LogP contribution in [0.4, 0.5) is 11.4 Å². The van der Waals surface area contributed by atoms with Crippen molar-refractivity contribution in [3.63, 3.8) is 0 Å². The van der Waals surface area contributed by atoms with E-state index in [1.165, 1.54) is 33.6 Å². The highest BCUT2D eigenvalue weighted by Crippen LogP contribution is 2.43. The third-order valence-corrected chi connectivity index (χ3v) is 6.02. The summed E-state index contributed by atoms with van der Waals surface area (Å²) < 4.78 is 0. The summed E-state index contributed by atoms with van der Waals surface area (Å²) in [5.41, 5.74) is 8.72. The minimum absolute atomic E-state index is 0.515. The first-order valence-corrected chi connectivity index (χ1v) is 11.0. The van der Waals surface area contributed by atoms with Crippen LogP contribution in [0.1, 0.15) is 101 Å². The molecule has 1 saturated heterocycles.